The Balaban J connectivity index is 1.25. The Hall–Kier alpha value is -4.70. The van der Waals surface area contributed by atoms with Crippen molar-refractivity contribution in [2.45, 2.75) is 0 Å². The van der Waals surface area contributed by atoms with Crippen LogP contribution in [0.2, 0.25) is 0 Å². The Bertz CT molecular complexity index is 2230. The highest BCUT2D eigenvalue weighted by molar-refractivity contribution is 9.10. The van der Waals surface area contributed by atoms with Crippen molar-refractivity contribution >= 4 is 75.3 Å². The van der Waals surface area contributed by atoms with Gasteiger partial charge in [-0.3, -0.25) is 0 Å². The molecular weight excluding hydrogens is 606 g/mol. The molecule has 0 aliphatic heterocycles. The van der Waals surface area contributed by atoms with Gasteiger partial charge in [0.05, 0.1) is 0 Å². The van der Waals surface area contributed by atoms with Crippen LogP contribution in [0.1, 0.15) is 0 Å². The molecule has 0 atom stereocenters. The average Bonchev–Trinajstić information content (AvgIpc) is 3.45. The maximum atomic E-state index is 3.93. The average molecular weight is 633 g/mol. The van der Waals surface area contributed by atoms with Gasteiger partial charge in [0, 0.05) is 41.7 Å². The zero-order valence-electron chi connectivity index (χ0n) is 23.2. The molecule has 1 heterocycles. The number of hydrogen-bond donors (Lipinski definition) is 0. The SMILES string of the molecule is Brc1cc(N(c2ccc(-c3ccccc3)cc2)c2ccc(-c3ccc4ccccc4c3)cc2)cc2c1sc1ccccc12. The molecule has 0 aliphatic carbocycles. The fourth-order valence-electron chi connectivity index (χ4n) is 5.95. The molecule has 0 unspecified atom stereocenters. The molecule has 8 rings (SSSR count). The van der Waals surface area contributed by atoms with E-state index in [1.165, 1.54) is 53.2 Å². The smallest absolute Gasteiger partial charge is 0.0499 e. The normalized spacial score (nSPS) is 11.4. The first-order valence-corrected chi connectivity index (χ1v) is 16.0. The van der Waals surface area contributed by atoms with Crippen LogP contribution in [0.3, 0.4) is 0 Å². The van der Waals surface area contributed by atoms with Gasteiger partial charge in [0.1, 0.15) is 0 Å². The summed E-state index contributed by atoms with van der Waals surface area (Å²) in [7, 11) is 0. The van der Waals surface area contributed by atoms with E-state index in [1.807, 2.05) is 11.3 Å². The number of nitrogens with zero attached hydrogens (tertiary/aromatic N) is 1. The van der Waals surface area contributed by atoms with Crippen molar-refractivity contribution in [3.63, 3.8) is 0 Å². The minimum absolute atomic E-state index is 1.11. The van der Waals surface area contributed by atoms with Gasteiger partial charge in [-0.2, -0.15) is 0 Å². The molecular formula is C40H26BrNS. The van der Waals surface area contributed by atoms with Crippen LogP contribution in [0, 0.1) is 0 Å². The van der Waals surface area contributed by atoms with Gasteiger partial charge < -0.3 is 4.90 Å². The van der Waals surface area contributed by atoms with Crippen molar-refractivity contribution in [1.82, 2.24) is 0 Å². The van der Waals surface area contributed by atoms with Crippen molar-refractivity contribution in [1.29, 1.82) is 0 Å². The Morgan fingerprint density at radius 1 is 0.419 bits per heavy atom. The molecule has 3 heteroatoms. The molecule has 0 saturated carbocycles. The van der Waals surface area contributed by atoms with Crippen LogP contribution >= 0.6 is 27.3 Å². The summed E-state index contributed by atoms with van der Waals surface area (Å²) in [5, 5.41) is 5.07. The molecule has 43 heavy (non-hydrogen) atoms. The molecule has 1 aromatic heterocycles. The second kappa shape index (κ2) is 10.9. The summed E-state index contributed by atoms with van der Waals surface area (Å²) in [6, 6.07) is 56.9. The lowest BCUT2D eigenvalue weighted by Gasteiger charge is -2.26. The van der Waals surface area contributed by atoms with E-state index in [9.17, 15) is 0 Å². The molecule has 0 saturated heterocycles. The van der Waals surface area contributed by atoms with Gasteiger partial charge in [-0.05, 0) is 97.5 Å². The van der Waals surface area contributed by atoms with Gasteiger partial charge in [0.2, 0.25) is 0 Å². The van der Waals surface area contributed by atoms with Gasteiger partial charge in [0.15, 0.2) is 0 Å². The van der Waals surface area contributed by atoms with Gasteiger partial charge in [0.25, 0.3) is 0 Å². The zero-order chi connectivity index (χ0) is 28.8. The molecule has 8 aromatic rings. The van der Waals surface area contributed by atoms with Crippen LogP contribution in [0.4, 0.5) is 17.1 Å². The number of benzene rings is 7. The van der Waals surface area contributed by atoms with E-state index >= 15 is 0 Å². The third-order valence-electron chi connectivity index (χ3n) is 8.12. The summed E-state index contributed by atoms with van der Waals surface area (Å²) < 4.78 is 3.68. The fourth-order valence-corrected chi connectivity index (χ4v) is 7.73. The van der Waals surface area contributed by atoms with Crippen molar-refractivity contribution in [2.75, 3.05) is 4.90 Å². The van der Waals surface area contributed by atoms with Crippen molar-refractivity contribution in [3.05, 3.63) is 162 Å². The van der Waals surface area contributed by atoms with E-state index in [-0.39, 0.29) is 0 Å². The number of anilines is 3. The number of rotatable bonds is 5. The van der Waals surface area contributed by atoms with E-state index < -0.39 is 0 Å². The summed E-state index contributed by atoms with van der Waals surface area (Å²) >= 11 is 5.76. The Morgan fingerprint density at radius 2 is 1.00 bits per heavy atom. The summed E-state index contributed by atoms with van der Waals surface area (Å²) in [5.74, 6) is 0. The first-order chi connectivity index (χ1) is 21.2. The molecule has 0 N–H and O–H groups in total. The van der Waals surface area contributed by atoms with Crippen molar-refractivity contribution < 1.29 is 0 Å². The standard InChI is InChI=1S/C40H26BrNS/c41-38-26-35(25-37-36-12-6-7-13-39(36)43-40(37)38)42(33-20-16-29(17-21-33)27-8-2-1-3-9-27)34-22-18-30(19-23-34)32-15-14-28-10-4-5-11-31(28)24-32/h1-26H. The highest BCUT2D eigenvalue weighted by Gasteiger charge is 2.17. The minimum Gasteiger partial charge on any atom is -0.310 e. The quantitative estimate of drug-likeness (QED) is 0.182. The molecule has 204 valence electrons. The van der Waals surface area contributed by atoms with Gasteiger partial charge in [-0.15, -0.1) is 11.3 Å². The van der Waals surface area contributed by atoms with Gasteiger partial charge >= 0.3 is 0 Å². The molecule has 0 radical (unpaired) electrons. The Kier molecular flexibility index (Phi) is 6.55. The van der Waals surface area contributed by atoms with E-state index in [2.05, 4.69) is 179 Å². The highest BCUT2D eigenvalue weighted by atomic mass is 79.9. The van der Waals surface area contributed by atoms with Crippen molar-refractivity contribution in [2.24, 2.45) is 0 Å². The maximum Gasteiger partial charge on any atom is 0.0499 e. The third-order valence-corrected chi connectivity index (χ3v) is 10.2. The van der Waals surface area contributed by atoms with Gasteiger partial charge in [-0.25, -0.2) is 0 Å². The predicted molar refractivity (Wildman–Crippen MR) is 190 cm³/mol. The lowest BCUT2D eigenvalue weighted by molar-refractivity contribution is 1.29. The summed E-state index contributed by atoms with van der Waals surface area (Å²) in [6.07, 6.45) is 0. The topological polar surface area (TPSA) is 3.24 Å². The first-order valence-electron chi connectivity index (χ1n) is 14.4. The molecule has 0 bridgehead atoms. The summed E-state index contributed by atoms with van der Waals surface area (Å²) in [5.41, 5.74) is 8.19. The Labute approximate surface area is 263 Å². The molecule has 0 amide bonds. The van der Waals surface area contributed by atoms with Crippen LogP contribution < -0.4 is 4.90 Å². The second-order valence-corrected chi connectivity index (χ2v) is 12.7. The highest BCUT2D eigenvalue weighted by Crippen LogP contribution is 2.44. The second-order valence-electron chi connectivity index (χ2n) is 10.8. The van der Waals surface area contributed by atoms with E-state index in [1.54, 1.807) is 0 Å². The monoisotopic (exact) mass is 631 g/mol. The predicted octanol–water partition coefficient (Wildman–Crippen LogP) is 12.8. The molecule has 0 spiro atoms. The number of hydrogen-bond acceptors (Lipinski definition) is 2. The number of fused-ring (bicyclic) bond motifs is 4. The zero-order valence-corrected chi connectivity index (χ0v) is 25.6. The summed E-state index contributed by atoms with van der Waals surface area (Å²) in [6.45, 7) is 0. The largest absolute Gasteiger partial charge is 0.310 e. The lowest BCUT2D eigenvalue weighted by Crippen LogP contribution is -2.10. The van der Waals surface area contributed by atoms with Gasteiger partial charge in [-0.1, -0.05) is 109 Å². The molecule has 0 aliphatic rings. The fraction of sp³-hybridized carbons (Fsp3) is 0. The lowest BCUT2D eigenvalue weighted by atomic mass is 10.0. The summed E-state index contributed by atoms with van der Waals surface area (Å²) in [4.78, 5) is 2.36. The first kappa shape index (κ1) is 26.0. The maximum absolute atomic E-state index is 3.93. The van der Waals surface area contributed by atoms with E-state index in [0.29, 0.717) is 0 Å². The van der Waals surface area contributed by atoms with E-state index in [4.69, 9.17) is 0 Å². The van der Waals surface area contributed by atoms with Crippen LogP contribution in [0.25, 0.3) is 53.2 Å². The van der Waals surface area contributed by atoms with E-state index in [0.717, 1.165) is 21.5 Å². The van der Waals surface area contributed by atoms with Crippen LogP contribution in [0.5, 0.6) is 0 Å². The van der Waals surface area contributed by atoms with Crippen LogP contribution in [-0.2, 0) is 0 Å². The molecule has 1 nitrogen and oxygen atoms in total. The number of halogens is 1. The number of thiophene rings is 1. The van der Waals surface area contributed by atoms with Crippen LogP contribution in [-0.4, -0.2) is 0 Å². The molecule has 0 fully saturated rings. The minimum atomic E-state index is 1.11. The molecule has 7 aromatic carbocycles. The third kappa shape index (κ3) is 4.81. The van der Waals surface area contributed by atoms with Crippen molar-refractivity contribution in [3.8, 4) is 22.3 Å². The Morgan fingerprint density at radius 3 is 1.74 bits per heavy atom. The van der Waals surface area contributed by atoms with Crippen LogP contribution in [0.15, 0.2) is 162 Å².